The van der Waals surface area contributed by atoms with Crippen LogP contribution >= 0.6 is 15.9 Å². The fourth-order valence-electron chi connectivity index (χ4n) is 5.64. The Morgan fingerprint density at radius 2 is 1.57 bits per heavy atom. The smallest absolute Gasteiger partial charge is 0.248 e. The van der Waals surface area contributed by atoms with Crippen molar-refractivity contribution in [1.29, 1.82) is 0 Å². The van der Waals surface area contributed by atoms with Crippen molar-refractivity contribution in [2.75, 3.05) is 5.32 Å². The highest BCUT2D eigenvalue weighted by Gasteiger charge is 2.62. The molecular weight excluding hydrogens is 444 g/mol. The summed E-state index contributed by atoms with van der Waals surface area (Å²) in [6, 6.07) is 16.0. The van der Waals surface area contributed by atoms with E-state index in [9.17, 15) is 14.4 Å². The molecule has 30 heavy (non-hydrogen) atoms. The van der Waals surface area contributed by atoms with Gasteiger partial charge in [0.25, 0.3) is 0 Å². The maximum atomic E-state index is 13.3. The number of halogens is 1. The number of rotatable bonds is 5. The van der Waals surface area contributed by atoms with Crippen LogP contribution in [0.5, 0.6) is 0 Å². The number of imide groups is 1. The van der Waals surface area contributed by atoms with Crippen LogP contribution in [0, 0.1) is 23.7 Å². The molecule has 154 valence electrons. The average molecular weight is 467 g/mol. The molecule has 3 aliphatic rings. The minimum absolute atomic E-state index is 0.149. The van der Waals surface area contributed by atoms with E-state index in [1.807, 2.05) is 42.5 Å². The van der Waals surface area contributed by atoms with Gasteiger partial charge in [0, 0.05) is 16.6 Å². The summed E-state index contributed by atoms with van der Waals surface area (Å²) in [6.45, 7) is 0. The van der Waals surface area contributed by atoms with Crippen LogP contribution < -0.4 is 5.32 Å². The molecule has 0 unspecified atom stereocenters. The van der Waals surface area contributed by atoms with E-state index in [2.05, 4.69) is 21.2 Å². The van der Waals surface area contributed by atoms with Gasteiger partial charge < -0.3 is 5.32 Å². The lowest BCUT2D eigenvalue weighted by Gasteiger charge is -2.27. The van der Waals surface area contributed by atoms with Crippen molar-refractivity contribution in [3.63, 3.8) is 0 Å². The Labute approximate surface area is 184 Å². The first-order valence-corrected chi connectivity index (χ1v) is 11.3. The molecule has 3 amide bonds. The Kier molecular flexibility index (Phi) is 4.97. The molecule has 0 radical (unpaired) electrons. The number of benzene rings is 2. The normalized spacial score (nSPS) is 28.0. The van der Waals surface area contributed by atoms with Crippen molar-refractivity contribution in [3.05, 3.63) is 64.6 Å². The summed E-state index contributed by atoms with van der Waals surface area (Å²) in [6.07, 6.45) is 3.34. The van der Waals surface area contributed by atoms with Gasteiger partial charge in [-0.05, 0) is 60.9 Å². The van der Waals surface area contributed by atoms with Crippen LogP contribution in [0.1, 0.15) is 24.8 Å². The number of nitrogens with one attached hydrogen (secondary N) is 1. The summed E-state index contributed by atoms with van der Waals surface area (Å²) in [7, 11) is 0. The number of amides is 3. The molecule has 1 aliphatic heterocycles. The van der Waals surface area contributed by atoms with Crippen molar-refractivity contribution < 1.29 is 14.4 Å². The van der Waals surface area contributed by atoms with Gasteiger partial charge in [-0.15, -0.1) is 0 Å². The lowest BCUT2D eigenvalue weighted by Crippen LogP contribution is -2.49. The molecule has 1 heterocycles. The number of carbonyl (C=O) groups is 3. The second-order valence-electron chi connectivity index (χ2n) is 8.63. The third-order valence-corrected chi connectivity index (χ3v) is 7.49. The largest absolute Gasteiger partial charge is 0.324 e. The van der Waals surface area contributed by atoms with Crippen molar-refractivity contribution >= 4 is 39.3 Å². The van der Waals surface area contributed by atoms with E-state index in [4.69, 9.17) is 0 Å². The molecule has 2 aromatic carbocycles. The molecule has 3 fully saturated rings. The molecule has 2 bridgehead atoms. The topological polar surface area (TPSA) is 66.5 Å². The number of hydrogen-bond acceptors (Lipinski definition) is 3. The number of hydrogen-bond donors (Lipinski definition) is 1. The highest BCUT2D eigenvalue weighted by Crippen LogP contribution is 2.56. The average Bonchev–Trinajstić information content (AvgIpc) is 3.43. The SMILES string of the molecule is O=C(Nc1ccc(Br)cc1)[C@H](Cc1ccccc1)N1C(=O)[C@H]2[C@H]3CC[C@@H](C3)[C@@H]2C1=O. The molecule has 5 nitrogen and oxygen atoms in total. The standard InChI is InChI=1S/C24H23BrN2O3/c25-17-8-10-18(11-9-17)26-22(28)19(12-14-4-2-1-3-5-14)27-23(29)20-15-6-7-16(13-15)21(20)24(27)30/h1-5,8-11,15-16,19-21H,6-7,12-13H2,(H,26,28)/t15-,16-,19-,20-,21-/m0/s1. The monoisotopic (exact) mass is 466 g/mol. The molecule has 2 aliphatic carbocycles. The summed E-state index contributed by atoms with van der Waals surface area (Å²) in [5.41, 5.74) is 1.56. The van der Waals surface area contributed by atoms with Gasteiger partial charge in [-0.25, -0.2) is 0 Å². The van der Waals surface area contributed by atoms with Gasteiger partial charge in [0.05, 0.1) is 11.8 Å². The van der Waals surface area contributed by atoms with E-state index in [1.54, 1.807) is 12.1 Å². The first-order valence-electron chi connectivity index (χ1n) is 10.5. The van der Waals surface area contributed by atoms with Crippen LogP contribution in [0.2, 0.25) is 0 Å². The quantitative estimate of drug-likeness (QED) is 0.676. The molecule has 5 rings (SSSR count). The summed E-state index contributed by atoms with van der Waals surface area (Å²) < 4.78 is 0.912. The van der Waals surface area contributed by atoms with Crippen molar-refractivity contribution in [2.45, 2.75) is 31.7 Å². The van der Waals surface area contributed by atoms with Crippen LogP contribution in [0.4, 0.5) is 5.69 Å². The lowest BCUT2D eigenvalue weighted by atomic mass is 9.81. The Bertz CT molecular complexity index is 963. The fraction of sp³-hybridized carbons (Fsp3) is 0.375. The predicted octanol–water partition coefficient (Wildman–Crippen LogP) is 4.03. The number of anilines is 1. The van der Waals surface area contributed by atoms with Gasteiger partial charge in [0.2, 0.25) is 17.7 Å². The Balaban J connectivity index is 1.45. The van der Waals surface area contributed by atoms with Gasteiger partial charge in [0.15, 0.2) is 0 Å². The van der Waals surface area contributed by atoms with Crippen LogP contribution in [-0.2, 0) is 20.8 Å². The van der Waals surface area contributed by atoms with Gasteiger partial charge in [-0.3, -0.25) is 19.3 Å². The molecule has 0 spiro atoms. The third kappa shape index (κ3) is 3.27. The molecule has 6 heteroatoms. The van der Waals surface area contributed by atoms with Crippen molar-refractivity contribution in [2.24, 2.45) is 23.7 Å². The van der Waals surface area contributed by atoms with Crippen LogP contribution in [0.25, 0.3) is 0 Å². The van der Waals surface area contributed by atoms with Crippen molar-refractivity contribution in [1.82, 2.24) is 4.90 Å². The maximum Gasteiger partial charge on any atom is 0.248 e. The molecule has 2 aromatic rings. The van der Waals surface area contributed by atoms with E-state index in [0.29, 0.717) is 23.9 Å². The van der Waals surface area contributed by atoms with E-state index >= 15 is 0 Å². The van der Waals surface area contributed by atoms with Gasteiger partial charge in [-0.2, -0.15) is 0 Å². The number of carbonyl (C=O) groups excluding carboxylic acids is 3. The van der Waals surface area contributed by atoms with Gasteiger partial charge in [0.1, 0.15) is 6.04 Å². The minimum atomic E-state index is -0.846. The molecular formula is C24H23BrN2O3. The summed E-state index contributed by atoms with van der Waals surface area (Å²) in [4.78, 5) is 41.3. The van der Waals surface area contributed by atoms with Gasteiger partial charge >= 0.3 is 0 Å². The van der Waals surface area contributed by atoms with E-state index in [0.717, 1.165) is 29.3 Å². The highest BCUT2D eigenvalue weighted by molar-refractivity contribution is 9.10. The minimum Gasteiger partial charge on any atom is -0.324 e. The molecule has 0 aromatic heterocycles. The number of nitrogens with zero attached hydrogens (tertiary/aromatic N) is 1. The maximum absolute atomic E-state index is 13.3. The van der Waals surface area contributed by atoms with E-state index in [-0.39, 0.29) is 29.6 Å². The van der Waals surface area contributed by atoms with Crippen molar-refractivity contribution in [3.8, 4) is 0 Å². The summed E-state index contributed by atoms with van der Waals surface area (Å²) in [5, 5.41) is 2.91. The zero-order valence-corrected chi connectivity index (χ0v) is 18.0. The summed E-state index contributed by atoms with van der Waals surface area (Å²) in [5.74, 6) is -0.477. The predicted molar refractivity (Wildman–Crippen MR) is 116 cm³/mol. The van der Waals surface area contributed by atoms with E-state index < -0.39 is 6.04 Å². The Hall–Kier alpha value is -2.47. The Morgan fingerprint density at radius 1 is 0.967 bits per heavy atom. The fourth-order valence-corrected chi connectivity index (χ4v) is 5.90. The highest BCUT2D eigenvalue weighted by atomic mass is 79.9. The first kappa shape index (κ1) is 19.5. The zero-order chi connectivity index (χ0) is 20.8. The number of likely N-dealkylation sites (tertiary alicyclic amines) is 1. The third-order valence-electron chi connectivity index (χ3n) is 6.96. The van der Waals surface area contributed by atoms with E-state index in [1.165, 1.54) is 4.90 Å². The number of fused-ring (bicyclic) bond motifs is 5. The first-order chi connectivity index (χ1) is 14.5. The van der Waals surface area contributed by atoms with Crippen LogP contribution in [-0.4, -0.2) is 28.7 Å². The molecule has 5 atom stereocenters. The lowest BCUT2D eigenvalue weighted by molar-refractivity contribution is -0.147. The molecule has 1 N–H and O–H groups in total. The van der Waals surface area contributed by atoms with Crippen LogP contribution in [0.3, 0.4) is 0 Å². The van der Waals surface area contributed by atoms with Gasteiger partial charge in [-0.1, -0.05) is 46.3 Å². The molecule has 1 saturated heterocycles. The Morgan fingerprint density at radius 3 is 2.17 bits per heavy atom. The second kappa shape index (κ2) is 7.65. The second-order valence-corrected chi connectivity index (χ2v) is 9.55. The van der Waals surface area contributed by atoms with Crippen LogP contribution in [0.15, 0.2) is 59.1 Å². The summed E-state index contributed by atoms with van der Waals surface area (Å²) >= 11 is 3.39. The molecule has 2 saturated carbocycles. The zero-order valence-electron chi connectivity index (χ0n) is 16.5.